The molecule has 6 nitrogen and oxygen atoms in total. The van der Waals surface area contributed by atoms with Gasteiger partial charge in [0.15, 0.2) is 0 Å². The van der Waals surface area contributed by atoms with Crippen molar-refractivity contribution < 1.29 is 19.1 Å². The van der Waals surface area contributed by atoms with E-state index in [0.717, 1.165) is 30.8 Å². The fraction of sp³-hybridized carbons (Fsp3) is 0.231. The number of piperidine rings is 1. The summed E-state index contributed by atoms with van der Waals surface area (Å²) in [5.41, 5.74) is 2.04. The predicted molar refractivity (Wildman–Crippen MR) is 125 cm³/mol. The van der Waals surface area contributed by atoms with E-state index in [1.807, 2.05) is 43.3 Å². The third-order valence-electron chi connectivity index (χ3n) is 5.25. The monoisotopic (exact) mass is 430 g/mol. The van der Waals surface area contributed by atoms with Gasteiger partial charge in [0.2, 0.25) is 5.91 Å². The number of carbonyl (C=O) groups is 2. The van der Waals surface area contributed by atoms with E-state index < -0.39 is 0 Å². The van der Waals surface area contributed by atoms with E-state index in [1.54, 1.807) is 41.3 Å². The maximum atomic E-state index is 12.6. The molecule has 0 bridgehead atoms. The lowest BCUT2D eigenvalue weighted by molar-refractivity contribution is -0.119. The fourth-order valence-corrected chi connectivity index (χ4v) is 3.59. The highest BCUT2D eigenvalue weighted by Gasteiger charge is 2.19. The Kier molecular flexibility index (Phi) is 6.70. The van der Waals surface area contributed by atoms with E-state index in [1.165, 1.54) is 0 Å². The SMILES string of the molecule is CCOc1ccc(Oc2ccc(NC(=O)c3ccc(N4CCCCC4=O)cc3)cc2)cc1. The summed E-state index contributed by atoms with van der Waals surface area (Å²) in [4.78, 5) is 26.4. The molecular weight excluding hydrogens is 404 g/mol. The Bertz CT molecular complexity index is 1060. The molecule has 0 saturated carbocycles. The Hall–Kier alpha value is -3.80. The van der Waals surface area contributed by atoms with E-state index in [0.29, 0.717) is 35.8 Å². The van der Waals surface area contributed by atoms with Crippen molar-refractivity contribution in [2.45, 2.75) is 26.2 Å². The van der Waals surface area contributed by atoms with Crippen molar-refractivity contribution in [2.75, 3.05) is 23.4 Å². The van der Waals surface area contributed by atoms with Crippen LogP contribution in [0.15, 0.2) is 72.8 Å². The summed E-state index contributed by atoms with van der Waals surface area (Å²) in [5, 5.41) is 2.89. The normalized spacial score (nSPS) is 13.5. The molecule has 0 aliphatic carbocycles. The van der Waals surface area contributed by atoms with Crippen LogP contribution in [0.3, 0.4) is 0 Å². The van der Waals surface area contributed by atoms with Crippen molar-refractivity contribution in [3.8, 4) is 17.2 Å². The van der Waals surface area contributed by atoms with Gasteiger partial charge in [-0.05, 0) is 92.6 Å². The molecule has 0 spiro atoms. The van der Waals surface area contributed by atoms with Crippen LogP contribution in [0.5, 0.6) is 17.2 Å². The number of nitrogens with zero attached hydrogens (tertiary/aromatic N) is 1. The quantitative estimate of drug-likeness (QED) is 0.526. The van der Waals surface area contributed by atoms with E-state index in [9.17, 15) is 9.59 Å². The first-order valence-corrected chi connectivity index (χ1v) is 10.8. The van der Waals surface area contributed by atoms with Crippen molar-refractivity contribution >= 4 is 23.2 Å². The number of amides is 2. The zero-order chi connectivity index (χ0) is 22.3. The zero-order valence-corrected chi connectivity index (χ0v) is 18.0. The zero-order valence-electron chi connectivity index (χ0n) is 18.0. The van der Waals surface area contributed by atoms with E-state index >= 15 is 0 Å². The maximum absolute atomic E-state index is 12.6. The predicted octanol–water partition coefficient (Wildman–Crippen LogP) is 5.65. The van der Waals surface area contributed by atoms with Crippen molar-refractivity contribution in [3.05, 3.63) is 78.4 Å². The second-order valence-electron chi connectivity index (χ2n) is 7.53. The Labute approximate surface area is 187 Å². The number of benzene rings is 3. The molecule has 0 aromatic heterocycles. The van der Waals surface area contributed by atoms with Gasteiger partial charge in [0, 0.05) is 29.9 Å². The molecule has 1 heterocycles. The lowest BCUT2D eigenvalue weighted by Gasteiger charge is -2.26. The van der Waals surface area contributed by atoms with Crippen LogP contribution in [0.1, 0.15) is 36.5 Å². The van der Waals surface area contributed by atoms with Crippen molar-refractivity contribution in [2.24, 2.45) is 0 Å². The van der Waals surface area contributed by atoms with Gasteiger partial charge < -0.3 is 19.7 Å². The van der Waals surface area contributed by atoms with Crippen LogP contribution in [0.2, 0.25) is 0 Å². The van der Waals surface area contributed by atoms with Gasteiger partial charge in [0.05, 0.1) is 6.61 Å². The minimum absolute atomic E-state index is 0.140. The molecule has 164 valence electrons. The van der Waals surface area contributed by atoms with Crippen LogP contribution in [0.25, 0.3) is 0 Å². The standard InChI is InChI=1S/C26H26N2O4/c1-2-31-22-14-16-24(17-15-22)32-23-12-8-20(9-13-23)27-26(30)19-6-10-21(11-7-19)28-18-4-3-5-25(28)29/h6-17H,2-5,18H2,1H3,(H,27,30). The number of hydrogen-bond acceptors (Lipinski definition) is 4. The number of ether oxygens (including phenoxy) is 2. The number of rotatable bonds is 7. The first kappa shape index (κ1) is 21.4. The average Bonchev–Trinajstić information content (AvgIpc) is 2.82. The first-order valence-electron chi connectivity index (χ1n) is 10.8. The lowest BCUT2D eigenvalue weighted by atomic mass is 10.1. The molecule has 1 saturated heterocycles. The van der Waals surface area contributed by atoms with Crippen LogP contribution in [0, 0.1) is 0 Å². The lowest BCUT2D eigenvalue weighted by Crippen LogP contribution is -2.35. The van der Waals surface area contributed by atoms with Crippen LogP contribution in [0.4, 0.5) is 11.4 Å². The summed E-state index contributed by atoms with van der Waals surface area (Å²) < 4.78 is 11.3. The molecule has 1 N–H and O–H groups in total. The van der Waals surface area contributed by atoms with Gasteiger partial charge >= 0.3 is 0 Å². The summed E-state index contributed by atoms with van der Waals surface area (Å²) >= 11 is 0. The molecular formula is C26H26N2O4. The van der Waals surface area contributed by atoms with Crippen molar-refractivity contribution in [1.82, 2.24) is 0 Å². The third kappa shape index (κ3) is 5.27. The van der Waals surface area contributed by atoms with Crippen molar-refractivity contribution in [3.63, 3.8) is 0 Å². The minimum Gasteiger partial charge on any atom is -0.494 e. The Morgan fingerprint density at radius 3 is 2.12 bits per heavy atom. The molecule has 32 heavy (non-hydrogen) atoms. The fourth-order valence-electron chi connectivity index (χ4n) is 3.59. The first-order chi connectivity index (χ1) is 15.6. The van der Waals surface area contributed by atoms with Crippen molar-refractivity contribution in [1.29, 1.82) is 0 Å². The largest absolute Gasteiger partial charge is 0.494 e. The molecule has 3 aromatic carbocycles. The molecule has 6 heteroatoms. The summed E-state index contributed by atoms with van der Waals surface area (Å²) in [6.45, 7) is 3.29. The highest BCUT2D eigenvalue weighted by molar-refractivity contribution is 6.04. The van der Waals surface area contributed by atoms with Crippen LogP contribution in [-0.2, 0) is 4.79 Å². The average molecular weight is 431 g/mol. The molecule has 1 aliphatic heterocycles. The Balaban J connectivity index is 1.34. The summed E-state index contributed by atoms with van der Waals surface area (Å²) in [7, 11) is 0. The Morgan fingerprint density at radius 1 is 0.875 bits per heavy atom. The number of anilines is 2. The second-order valence-corrected chi connectivity index (χ2v) is 7.53. The van der Waals surface area contributed by atoms with Gasteiger partial charge in [0.1, 0.15) is 17.2 Å². The molecule has 1 aliphatic rings. The van der Waals surface area contributed by atoms with Gasteiger partial charge in [-0.1, -0.05) is 0 Å². The molecule has 0 unspecified atom stereocenters. The minimum atomic E-state index is -0.207. The smallest absolute Gasteiger partial charge is 0.255 e. The highest BCUT2D eigenvalue weighted by Crippen LogP contribution is 2.26. The molecule has 4 rings (SSSR count). The summed E-state index contributed by atoms with van der Waals surface area (Å²) in [6.07, 6.45) is 2.53. The van der Waals surface area contributed by atoms with Crippen LogP contribution < -0.4 is 19.7 Å². The van der Waals surface area contributed by atoms with Gasteiger partial charge in [0.25, 0.3) is 5.91 Å². The van der Waals surface area contributed by atoms with Gasteiger partial charge in [-0.15, -0.1) is 0 Å². The second kappa shape index (κ2) is 10.0. The molecule has 0 atom stereocenters. The topological polar surface area (TPSA) is 67.9 Å². The van der Waals surface area contributed by atoms with Gasteiger partial charge in [-0.3, -0.25) is 9.59 Å². The summed E-state index contributed by atoms with van der Waals surface area (Å²) in [5.74, 6) is 2.11. The molecule has 1 fully saturated rings. The third-order valence-corrected chi connectivity index (χ3v) is 5.25. The number of carbonyl (C=O) groups excluding carboxylic acids is 2. The molecule has 2 amide bonds. The number of hydrogen-bond donors (Lipinski definition) is 1. The molecule has 3 aromatic rings. The Morgan fingerprint density at radius 2 is 1.50 bits per heavy atom. The van der Waals surface area contributed by atoms with Crippen LogP contribution >= 0.6 is 0 Å². The molecule has 0 radical (unpaired) electrons. The van der Waals surface area contributed by atoms with Gasteiger partial charge in [-0.25, -0.2) is 0 Å². The highest BCUT2D eigenvalue weighted by atomic mass is 16.5. The van der Waals surface area contributed by atoms with E-state index in [4.69, 9.17) is 9.47 Å². The maximum Gasteiger partial charge on any atom is 0.255 e. The van der Waals surface area contributed by atoms with E-state index in [-0.39, 0.29) is 11.8 Å². The summed E-state index contributed by atoms with van der Waals surface area (Å²) in [6, 6.07) is 21.8. The number of nitrogens with one attached hydrogen (secondary N) is 1. The van der Waals surface area contributed by atoms with Crippen LogP contribution in [-0.4, -0.2) is 25.0 Å². The van der Waals surface area contributed by atoms with Gasteiger partial charge in [-0.2, -0.15) is 0 Å². The van der Waals surface area contributed by atoms with E-state index in [2.05, 4.69) is 5.32 Å².